The van der Waals surface area contributed by atoms with Gasteiger partial charge < -0.3 is 19.5 Å². The third kappa shape index (κ3) is 4.99. The van der Waals surface area contributed by atoms with Gasteiger partial charge in [0.1, 0.15) is 11.5 Å². The van der Waals surface area contributed by atoms with Crippen LogP contribution in [0.4, 0.5) is 0 Å². The van der Waals surface area contributed by atoms with E-state index in [0.717, 1.165) is 22.2 Å². The van der Waals surface area contributed by atoms with E-state index >= 15 is 0 Å². The third-order valence-corrected chi connectivity index (χ3v) is 9.87. The molecular weight excluding hydrogens is 525 g/mol. The number of likely N-dealkylation sites (tertiary alicyclic amines) is 1. The number of hydrogen-bond donors (Lipinski definition) is 2. The van der Waals surface area contributed by atoms with Crippen molar-refractivity contribution in [2.45, 2.75) is 30.7 Å². The first kappa shape index (κ1) is 26.2. The normalized spacial score (nSPS) is 17.6. The minimum Gasteiger partial charge on any atom is -0.457 e. The molecule has 3 heterocycles. The highest BCUT2D eigenvalue weighted by molar-refractivity contribution is 7.91. The van der Waals surface area contributed by atoms with Crippen molar-refractivity contribution >= 4 is 39.3 Å². The van der Waals surface area contributed by atoms with Crippen molar-refractivity contribution in [1.29, 1.82) is 0 Å². The van der Waals surface area contributed by atoms with Gasteiger partial charge >= 0.3 is 0 Å². The SMILES string of the molecule is CCS(=O)(=O)c1ccc(Oc2cc3cc(-c4ccc(P(C)(=O)O)cn4)[nH]c3cc2C2CCC(=O)N2C)cc1. The summed E-state index contributed by atoms with van der Waals surface area (Å²) >= 11 is 0. The number of fused-ring (bicyclic) bond motifs is 1. The Morgan fingerprint density at radius 3 is 2.47 bits per heavy atom. The van der Waals surface area contributed by atoms with Gasteiger partial charge in [0.15, 0.2) is 9.84 Å². The van der Waals surface area contributed by atoms with E-state index < -0.39 is 17.2 Å². The molecular formula is C27H28N3O6PS. The van der Waals surface area contributed by atoms with Crippen LogP contribution in [0.2, 0.25) is 0 Å². The van der Waals surface area contributed by atoms with Crippen LogP contribution in [-0.2, 0) is 19.2 Å². The summed E-state index contributed by atoms with van der Waals surface area (Å²) in [4.78, 5) is 31.8. The molecule has 5 rings (SSSR count). The van der Waals surface area contributed by atoms with E-state index in [9.17, 15) is 22.7 Å². The van der Waals surface area contributed by atoms with Gasteiger partial charge in [-0.25, -0.2) is 8.42 Å². The first-order chi connectivity index (χ1) is 18.0. The Labute approximate surface area is 220 Å². The molecule has 11 heteroatoms. The number of nitrogens with zero attached hydrogens (tertiary/aromatic N) is 2. The highest BCUT2D eigenvalue weighted by atomic mass is 32.2. The van der Waals surface area contributed by atoms with Gasteiger partial charge in [0.2, 0.25) is 13.3 Å². The fourth-order valence-corrected chi connectivity index (χ4v) is 6.14. The Hall–Kier alpha value is -3.46. The Balaban J connectivity index is 1.55. The van der Waals surface area contributed by atoms with Gasteiger partial charge in [0.05, 0.1) is 33.4 Å². The predicted molar refractivity (Wildman–Crippen MR) is 146 cm³/mol. The zero-order chi connectivity index (χ0) is 27.2. The number of sulfone groups is 1. The molecule has 4 aromatic rings. The van der Waals surface area contributed by atoms with Gasteiger partial charge in [-0.3, -0.25) is 14.3 Å². The van der Waals surface area contributed by atoms with Gasteiger partial charge in [0, 0.05) is 42.8 Å². The van der Waals surface area contributed by atoms with E-state index in [1.54, 1.807) is 43.1 Å². The second-order valence-electron chi connectivity index (χ2n) is 9.48. The Bertz CT molecular complexity index is 1670. The second kappa shape index (κ2) is 9.69. The maximum absolute atomic E-state index is 12.3. The number of pyridine rings is 1. The predicted octanol–water partition coefficient (Wildman–Crippen LogP) is 4.63. The molecule has 198 valence electrons. The molecule has 0 radical (unpaired) electrons. The molecule has 9 nitrogen and oxygen atoms in total. The van der Waals surface area contributed by atoms with E-state index in [-0.39, 0.29) is 27.9 Å². The minimum absolute atomic E-state index is 0.0151. The lowest BCUT2D eigenvalue weighted by Gasteiger charge is -2.23. The van der Waals surface area contributed by atoms with E-state index in [1.165, 1.54) is 25.0 Å². The highest BCUT2D eigenvalue weighted by Gasteiger charge is 2.31. The lowest BCUT2D eigenvalue weighted by molar-refractivity contribution is -0.127. The van der Waals surface area contributed by atoms with Gasteiger partial charge in [-0.15, -0.1) is 0 Å². The summed E-state index contributed by atoms with van der Waals surface area (Å²) in [5.41, 5.74) is 3.00. The quantitative estimate of drug-likeness (QED) is 0.319. The van der Waals surface area contributed by atoms with Crippen molar-refractivity contribution in [3.05, 3.63) is 66.4 Å². The van der Waals surface area contributed by atoms with Crippen LogP contribution < -0.4 is 10.0 Å². The fourth-order valence-electron chi connectivity index (χ4n) is 4.63. The standard InChI is InChI=1S/C27H28N3O6PS/c1-4-38(34,35)20-8-5-18(6-9-20)36-26-14-17-13-24(22-10-7-19(16-28-22)37(3,32)33)29-23(17)15-21(26)25-11-12-27(31)30(25)2/h5-10,13-16,25,29H,4,11-12H2,1-3H3,(H,32,33). The van der Waals surface area contributed by atoms with E-state index in [1.807, 2.05) is 18.2 Å². The molecule has 2 atom stereocenters. The molecule has 1 aliphatic rings. The van der Waals surface area contributed by atoms with Crippen LogP contribution in [-0.4, -0.2) is 53.6 Å². The first-order valence-corrected chi connectivity index (χ1v) is 15.9. The highest BCUT2D eigenvalue weighted by Crippen LogP contribution is 2.41. The Kier molecular flexibility index (Phi) is 6.67. The minimum atomic E-state index is -3.40. The summed E-state index contributed by atoms with van der Waals surface area (Å²) < 4.78 is 42.6. The molecule has 1 aliphatic heterocycles. The summed E-state index contributed by atoms with van der Waals surface area (Å²) in [6.07, 6.45) is 2.50. The number of H-pyrrole nitrogens is 1. The van der Waals surface area contributed by atoms with Crippen molar-refractivity contribution in [1.82, 2.24) is 14.9 Å². The number of aromatic nitrogens is 2. The molecule has 1 amide bonds. The van der Waals surface area contributed by atoms with Crippen molar-refractivity contribution in [2.24, 2.45) is 0 Å². The summed E-state index contributed by atoms with van der Waals surface area (Å²) in [6, 6.07) is 15.2. The average molecular weight is 554 g/mol. The smallest absolute Gasteiger partial charge is 0.228 e. The molecule has 1 fully saturated rings. The molecule has 38 heavy (non-hydrogen) atoms. The Morgan fingerprint density at radius 2 is 1.89 bits per heavy atom. The van der Waals surface area contributed by atoms with Crippen molar-refractivity contribution in [3.8, 4) is 22.9 Å². The number of ether oxygens (including phenoxy) is 1. The lowest BCUT2D eigenvalue weighted by Crippen LogP contribution is -2.22. The van der Waals surface area contributed by atoms with E-state index in [4.69, 9.17) is 4.74 Å². The van der Waals surface area contributed by atoms with Gasteiger partial charge in [-0.2, -0.15) is 0 Å². The van der Waals surface area contributed by atoms with Crippen LogP contribution in [0.15, 0.2) is 65.7 Å². The molecule has 0 bridgehead atoms. The van der Waals surface area contributed by atoms with Gasteiger partial charge in [-0.1, -0.05) is 6.92 Å². The zero-order valence-corrected chi connectivity index (χ0v) is 22.9. The summed E-state index contributed by atoms with van der Waals surface area (Å²) in [5, 5.41) is 1.13. The maximum atomic E-state index is 12.3. The van der Waals surface area contributed by atoms with Crippen LogP contribution >= 0.6 is 7.37 Å². The maximum Gasteiger partial charge on any atom is 0.228 e. The Morgan fingerprint density at radius 1 is 1.16 bits per heavy atom. The van der Waals surface area contributed by atoms with Crippen molar-refractivity contribution < 1.29 is 27.4 Å². The molecule has 1 saturated heterocycles. The molecule has 0 aliphatic carbocycles. The summed E-state index contributed by atoms with van der Waals surface area (Å²) in [5.74, 6) is 1.12. The van der Waals surface area contributed by atoms with Crippen molar-refractivity contribution in [2.75, 3.05) is 19.5 Å². The lowest BCUT2D eigenvalue weighted by atomic mass is 10.0. The van der Waals surface area contributed by atoms with Crippen molar-refractivity contribution in [3.63, 3.8) is 0 Å². The van der Waals surface area contributed by atoms with Crippen LogP contribution in [0.5, 0.6) is 11.5 Å². The zero-order valence-electron chi connectivity index (χ0n) is 21.2. The molecule has 2 aromatic carbocycles. The average Bonchev–Trinajstić information content (AvgIpc) is 3.46. The number of carbonyl (C=O) groups is 1. The van der Waals surface area contributed by atoms with Crippen LogP contribution in [0, 0.1) is 0 Å². The summed E-state index contributed by atoms with van der Waals surface area (Å²) in [6.45, 7) is 2.88. The number of hydrogen-bond acceptors (Lipinski definition) is 6. The number of rotatable bonds is 7. The second-order valence-corrected chi connectivity index (χ2v) is 14.0. The molecule has 2 unspecified atom stereocenters. The number of amides is 1. The third-order valence-electron chi connectivity index (χ3n) is 6.90. The molecule has 0 saturated carbocycles. The van der Waals surface area contributed by atoms with E-state index in [0.29, 0.717) is 30.0 Å². The molecule has 2 N–H and O–H groups in total. The van der Waals surface area contributed by atoms with E-state index in [2.05, 4.69) is 9.97 Å². The van der Waals surface area contributed by atoms with Crippen LogP contribution in [0.3, 0.4) is 0 Å². The summed E-state index contributed by atoms with van der Waals surface area (Å²) in [7, 11) is -4.95. The first-order valence-electron chi connectivity index (χ1n) is 12.2. The molecule has 2 aromatic heterocycles. The largest absolute Gasteiger partial charge is 0.457 e. The fraction of sp³-hybridized carbons (Fsp3) is 0.259. The topological polar surface area (TPSA) is 130 Å². The number of benzene rings is 2. The van der Waals surface area contributed by atoms with Crippen LogP contribution in [0.1, 0.15) is 31.4 Å². The number of aromatic amines is 1. The monoisotopic (exact) mass is 553 g/mol. The van der Waals surface area contributed by atoms with Gasteiger partial charge in [-0.05, 0) is 61.0 Å². The molecule has 0 spiro atoms. The number of nitrogens with one attached hydrogen (secondary N) is 1. The van der Waals surface area contributed by atoms with Gasteiger partial charge in [0.25, 0.3) is 0 Å². The van der Waals surface area contributed by atoms with Crippen LogP contribution in [0.25, 0.3) is 22.3 Å². The number of carbonyl (C=O) groups excluding carboxylic acids is 1.